The van der Waals surface area contributed by atoms with Crippen LogP contribution < -0.4 is 4.90 Å². The molecule has 17 heavy (non-hydrogen) atoms. The fourth-order valence-corrected chi connectivity index (χ4v) is 2.35. The molecule has 0 aromatic heterocycles. The van der Waals surface area contributed by atoms with E-state index in [4.69, 9.17) is 0 Å². The number of aliphatic hydroxyl groups is 1. The Kier molecular flexibility index (Phi) is 3.85. The second-order valence-corrected chi connectivity index (χ2v) is 4.74. The zero-order valence-corrected chi connectivity index (χ0v) is 10.5. The van der Waals surface area contributed by atoms with Crippen molar-refractivity contribution in [2.24, 2.45) is 0 Å². The number of para-hydroxylation sites is 1. The maximum atomic E-state index is 10.1. The van der Waals surface area contributed by atoms with Gasteiger partial charge in [-0.05, 0) is 25.3 Å². The number of fused-ring (bicyclic) bond motifs is 1. The molecule has 0 amide bonds. The molecule has 0 radical (unpaired) electrons. The van der Waals surface area contributed by atoms with Gasteiger partial charge in [0.2, 0.25) is 0 Å². The fraction of sp³-hybridized carbons (Fsp3) is 0.467. The van der Waals surface area contributed by atoms with Crippen molar-refractivity contribution in [3.63, 3.8) is 0 Å². The highest BCUT2D eigenvalue weighted by atomic mass is 16.3. The van der Waals surface area contributed by atoms with Gasteiger partial charge in [0.25, 0.3) is 0 Å². The summed E-state index contributed by atoms with van der Waals surface area (Å²) in [5.74, 6) is 0. The van der Waals surface area contributed by atoms with Crippen LogP contribution >= 0.6 is 0 Å². The van der Waals surface area contributed by atoms with Gasteiger partial charge in [0, 0.05) is 24.3 Å². The first-order valence-electron chi connectivity index (χ1n) is 6.41. The Morgan fingerprint density at radius 1 is 1.47 bits per heavy atom. The van der Waals surface area contributed by atoms with E-state index in [-0.39, 0.29) is 6.10 Å². The third-order valence-corrected chi connectivity index (χ3v) is 3.46. The van der Waals surface area contributed by atoms with Gasteiger partial charge in [-0.2, -0.15) is 0 Å². The number of nitrogens with zero attached hydrogens (tertiary/aromatic N) is 1. The van der Waals surface area contributed by atoms with Crippen molar-refractivity contribution < 1.29 is 5.11 Å². The molecule has 2 nitrogen and oxygen atoms in total. The summed E-state index contributed by atoms with van der Waals surface area (Å²) in [6.07, 6.45) is 2.59. The van der Waals surface area contributed by atoms with Crippen molar-refractivity contribution in [3.8, 4) is 0 Å². The first-order valence-corrected chi connectivity index (χ1v) is 6.41. The van der Waals surface area contributed by atoms with Crippen molar-refractivity contribution >= 4 is 5.69 Å². The van der Waals surface area contributed by atoms with Crippen molar-refractivity contribution in [2.45, 2.75) is 32.3 Å². The van der Waals surface area contributed by atoms with Crippen LogP contribution in [-0.4, -0.2) is 18.2 Å². The lowest BCUT2D eigenvalue weighted by Crippen LogP contribution is -2.26. The zero-order valence-electron chi connectivity index (χ0n) is 10.5. The number of aliphatic hydroxyl groups excluding tert-OH is 1. The Morgan fingerprint density at radius 2 is 2.24 bits per heavy atom. The molecule has 1 aromatic rings. The lowest BCUT2D eigenvalue weighted by molar-refractivity contribution is 0.168. The summed E-state index contributed by atoms with van der Waals surface area (Å²) in [5, 5.41) is 10.1. The van der Waals surface area contributed by atoms with Crippen LogP contribution in [0.15, 0.2) is 36.4 Å². The standard InChI is InChI=1S/C15H21NO/c1-3-12(2)11-16-10-6-9-15(17)13-7-4-5-8-14(13)16/h4-5,7-8,15,17H,2-3,6,9-11H2,1H3. The molecule has 0 bridgehead atoms. The van der Waals surface area contributed by atoms with Crippen LogP contribution in [0.2, 0.25) is 0 Å². The van der Waals surface area contributed by atoms with Crippen molar-refractivity contribution in [3.05, 3.63) is 42.0 Å². The van der Waals surface area contributed by atoms with E-state index in [0.29, 0.717) is 0 Å². The summed E-state index contributed by atoms with van der Waals surface area (Å²) in [6, 6.07) is 8.18. The Labute approximate surface area is 104 Å². The van der Waals surface area contributed by atoms with Gasteiger partial charge in [-0.3, -0.25) is 0 Å². The third kappa shape index (κ3) is 2.70. The van der Waals surface area contributed by atoms with E-state index in [2.05, 4.69) is 24.5 Å². The van der Waals surface area contributed by atoms with Crippen molar-refractivity contribution in [1.82, 2.24) is 0 Å². The van der Waals surface area contributed by atoms with Gasteiger partial charge < -0.3 is 10.0 Å². The molecule has 0 saturated heterocycles. The SMILES string of the molecule is C=C(CC)CN1CCCC(O)c2ccccc21. The highest BCUT2D eigenvalue weighted by Crippen LogP contribution is 2.32. The molecule has 0 spiro atoms. The maximum Gasteiger partial charge on any atom is 0.0810 e. The molecule has 0 saturated carbocycles. The minimum atomic E-state index is -0.314. The molecule has 1 aliphatic heterocycles. The molecule has 2 heteroatoms. The number of hydrogen-bond acceptors (Lipinski definition) is 2. The van der Waals surface area contributed by atoms with E-state index < -0.39 is 0 Å². The molecular formula is C15H21NO. The van der Waals surface area contributed by atoms with Crippen LogP contribution in [0.25, 0.3) is 0 Å². The molecule has 2 rings (SSSR count). The third-order valence-electron chi connectivity index (χ3n) is 3.46. The smallest absolute Gasteiger partial charge is 0.0810 e. The highest BCUT2D eigenvalue weighted by molar-refractivity contribution is 5.56. The van der Waals surface area contributed by atoms with Crippen molar-refractivity contribution in [1.29, 1.82) is 0 Å². The van der Waals surface area contributed by atoms with Crippen LogP contribution in [0.4, 0.5) is 5.69 Å². The second kappa shape index (κ2) is 5.37. The van der Waals surface area contributed by atoms with Gasteiger partial charge in [0.15, 0.2) is 0 Å². The molecule has 92 valence electrons. The van der Waals surface area contributed by atoms with Crippen LogP contribution in [0, 0.1) is 0 Å². The fourth-order valence-electron chi connectivity index (χ4n) is 2.35. The van der Waals surface area contributed by atoms with Crippen LogP contribution in [0.5, 0.6) is 0 Å². The van der Waals surface area contributed by atoms with E-state index >= 15 is 0 Å². The monoisotopic (exact) mass is 231 g/mol. The summed E-state index contributed by atoms with van der Waals surface area (Å²) >= 11 is 0. The lowest BCUT2D eigenvalue weighted by Gasteiger charge is -2.25. The van der Waals surface area contributed by atoms with E-state index in [1.165, 1.54) is 11.3 Å². The molecule has 0 aliphatic carbocycles. The van der Waals surface area contributed by atoms with Gasteiger partial charge in [-0.25, -0.2) is 0 Å². The Hall–Kier alpha value is -1.28. The average molecular weight is 231 g/mol. The Balaban J connectivity index is 2.28. The molecule has 1 unspecified atom stereocenters. The summed E-state index contributed by atoms with van der Waals surface area (Å²) in [6.45, 7) is 8.14. The Morgan fingerprint density at radius 3 is 3.00 bits per heavy atom. The minimum absolute atomic E-state index is 0.314. The number of anilines is 1. The molecule has 1 atom stereocenters. The normalized spacial score (nSPS) is 19.6. The largest absolute Gasteiger partial charge is 0.388 e. The first kappa shape index (κ1) is 12.2. The summed E-state index contributed by atoms with van der Waals surface area (Å²) in [4.78, 5) is 2.34. The Bertz CT molecular complexity index is 400. The van der Waals surface area contributed by atoms with Crippen LogP contribution in [-0.2, 0) is 0 Å². The van der Waals surface area contributed by atoms with E-state index in [0.717, 1.165) is 37.9 Å². The van der Waals surface area contributed by atoms with Gasteiger partial charge >= 0.3 is 0 Å². The highest BCUT2D eigenvalue weighted by Gasteiger charge is 2.20. The van der Waals surface area contributed by atoms with E-state index in [1.807, 2.05) is 18.2 Å². The quantitative estimate of drug-likeness (QED) is 0.807. The zero-order chi connectivity index (χ0) is 12.3. The molecule has 1 aliphatic rings. The van der Waals surface area contributed by atoms with Gasteiger partial charge in [0.05, 0.1) is 6.10 Å². The van der Waals surface area contributed by atoms with Gasteiger partial charge in [-0.1, -0.05) is 37.3 Å². The predicted molar refractivity (Wildman–Crippen MR) is 72.3 cm³/mol. The summed E-state index contributed by atoms with van der Waals surface area (Å²) in [7, 11) is 0. The predicted octanol–water partition coefficient (Wildman–Crippen LogP) is 3.29. The minimum Gasteiger partial charge on any atom is -0.388 e. The van der Waals surface area contributed by atoms with Crippen LogP contribution in [0.3, 0.4) is 0 Å². The summed E-state index contributed by atoms with van der Waals surface area (Å²) in [5.41, 5.74) is 3.48. The molecule has 0 fully saturated rings. The average Bonchev–Trinajstić information content (AvgIpc) is 2.51. The first-order chi connectivity index (χ1) is 8.22. The second-order valence-electron chi connectivity index (χ2n) is 4.74. The van der Waals surface area contributed by atoms with Gasteiger partial charge in [0.1, 0.15) is 0 Å². The molecule has 1 heterocycles. The molecule has 1 aromatic carbocycles. The topological polar surface area (TPSA) is 23.5 Å². The molecular weight excluding hydrogens is 210 g/mol. The lowest BCUT2D eigenvalue weighted by atomic mass is 10.0. The van der Waals surface area contributed by atoms with E-state index in [1.54, 1.807) is 0 Å². The van der Waals surface area contributed by atoms with Crippen molar-refractivity contribution in [2.75, 3.05) is 18.0 Å². The number of rotatable bonds is 3. The van der Waals surface area contributed by atoms with E-state index in [9.17, 15) is 5.11 Å². The number of hydrogen-bond donors (Lipinski definition) is 1. The maximum absolute atomic E-state index is 10.1. The van der Waals surface area contributed by atoms with Gasteiger partial charge in [-0.15, -0.1) is 0 Å². The molecule has 1 N–H and O–H groups in total. The summed E-state index contributed by atoms with van der Waals surface area (Å²) < 4.78 is 0. The number of benzene rings is 1. The van der Waals surface area contributed by atoms with Crippen LogP contribution in [0.1, 0.15) is 37.9 Å².